The summed E-state index contributed by atoms with van der Waals surface area (Å²) < 4.78 is 6.29. The Morgan fingerprint density at radius 2 is 1.50 bits per heavy atom. The van der Waals surface area contributed by atoms with Crippen LogP contribution in [0.25, 0.3) is 55.1 Å². The van der Waals surface area contributed by atoms with Gasteiger partial charge in [0.25, 0.3) is 0 Å². The number of benzene rings is 4. The lowest BCUT2D eigenvalue weighted by atomic mass is 9.78. The van der Waals surface area contributed by atoms with Gasteiger partial charge in [-0.2, -0.15) is 0 Å². The van der Waals surface area contributed by atoms with Crippen molar-refractivity contribution in [1.29, 1.82) is 0 Å². The van der Waals surface area contributed by atoms with E-state index in [-0.39, 0.29) is 10.8 Å². The predicted octanol–water partition coefficient (Wildman–Crippen LogP) is 9.40. The molecular weight excluding hydrogens is 438 g/mol. The number of hydrogen-bond acceptors (Lipinski definition) is 2. The second-order valence-corrected chi connectivity index (χ2v) is 11.7. The molecule has 0 radical (unpaired) electrons. The van der Waals surface area contributed by atoms with Gasteiger partial charge in [-0.3, -0.25) is 4.98 Å². The molecule has 2 heterocycles. The average molecular weight is 468 g/mol. The van der Waals surface area contributed by atoms with Gasteiger partial charge in [-0.25, -0.2) is 0 Å². The van der Waals surface area contributed by atoms with E-state index in [9.17, 15) is 0 Å². The predicted molar refractivity (Wildman–Crippen MR) is 151 cm³/mol. The number of pyridine rings is 1. The van der Waals surface area contributed by atoms with Crippen LogP contribution in [0.5, 0.6) is 0 Å². The maximum absolute atomic E-state index is 6.29. The zero-order valence-electron chi connectivity index (χ0n) is 21.4. The van der Waals surface area contributed by atoms with Crippen molar-refractivity contribution >= 4 is 32.7 Å². The SMILES string of the molecule is CC(C)(C)c1ccc2c(c1)oc1ccc(-c3nccc4c3C(C)(C)c3c-4ccc4ccccc34)cc12. The molecule has 0 spiro atoms. The maximum Gasteiger partial charge on any atom is 0.135 e. The first kappa shape index (κ1) is 21.4. The number of furan rings is 1. The van der Waals surface area contributed by atoms with E-state index < -0.39 is 0 Å². The van der Waals surface area contributed by atoms with Crippen LogP contribution in [0.3, 0.4) is 0 Å². The number of hydrogen-bond donors (Lipinski definition) is 0. The fourth-order valence-electron chi connectivity index (χ4n) is 6.22. The standard InChI is InChI=1S/C34H29NO/c1-33(2,3)22-12-14-24-27-18-21(11-15-28(27)36-29(24)19-22)32-31-26(16-17-35-32)25-13-10-20-8-6-7-9-23(20)30(25)34(31,4)5/h6-19H,1-5H3. The van der Waals surface area contributed by atoms with Crippen LogP contribution in [0.1, 0.15) is 51.3 Å². The molecule has 0 fully saturated rings. The Hall–Kier alpha value is -3.91. The largest absolute Gasteiger partial charge is 0.456 e. The fraction of sp³-hybridized carbons (Fsp3) is 0.206. The molecule has 0 unspecified atom stereocenters. The van der Waals surface area contributed by atoms with Crippen LogP contribution in [0.15, 0.2) is 89.5 Å². The summed E-state index contributed by atoms with van der Waals surface area (Å²) in [5, 5.41) is 4.91. The van der Waals surface area contributed by atoms with Gasteiger partial charge in [0.15, 0.2) is 0 Å². The summed E-state index contributed by atoms with van der Waals surface area (Å²) in [4.78, 5) is 4.97. The monoisotopic (exact) mass is 467 g/mol. The van der Waals surface area contributed by atoms with Crippen LogP contribution < -0.4 is 0 Å². The number of rotatable bonds is 1. The molecule has 176 valence electrons. The van der Waals surface area contributed by atoms with Gasteiger partial charge in [0.1, 0.15) is 11.2 Å². The van der Waals surface area contributed by atoms with Gasteiger partial charge in [-0.05, 0) is 74.3 Å². The van der Waals surface area contributed by atoms with E-state index in [1.165, 1.54) is 38.6 Å². The Morgan fingerprint density at radius 1 is 0.694 bits per heavy atom. The molecule has 0 amide bonds. The van der Waals surface area contributed by atoms with Crippen molar-refractivity contribution in [1.82, 2.24) is 4.98 Å². The fourth-order valence-corrected chi connectivity index (χ4v) is 6.22. The first-order valence-electron chi connectivity index (χ1n) is 12.7. The third kappa shape index (κ3) is 2.88. The van der Waals surface area contributed by atoms with E-state index in [1.807, 2.05) is 6.20 Å². The average Bonchev–Trinajstić information content (AvgIpc) is 3.35. The van der Waals surface area contributed by atoms with Gasteiger partial charge >= 0.3 is 0 Å². The van der Waals surface area contributed by atoms with Gasteiger partial charge in [-0.15, -0.1) is 0 Å². The van der Waals surface area contributed by atoms with Gasteiger partial charge < -0.3 is 4.42 Å². The summed E-state index contributed by atoms with van der Waals surface area (Å²) in [6.45, 7) is 11.4. The highest BCUT2D eigenvalue weighted by Crippen LogP contribution is 2.53. The molecule has 36 heavy (non-hydrogen) atoms. The molecule has 0 saturated heterocycles. The van der Waals surface area contributed by atoms with Gasteiger partial charge in [0, 0.05) is 27.9 Å². The maximum atomic E-state index is 6.29. The van der Waals surface area contributed by atoms with E-state index in [1.54, 1.807) is 0 Å². The third-order valence-corrected chi connectivity index (χ3v) is 8.03. The summed E-state index contributed by atoms with van der Waals surface area (Å²) in [5.41, 5.74) is 10.6. The van der Waals surface area contributed by atoms with Crippen molar-refractivity contribution in [2.75, 3.05) is 0 Å². The van der Waals surface area contributed by atoms with E-state index in [0.717, 1.165) is 33.2 Å². The Bertz CT molecular complexity index is 1850. The van der Waals surface area contributed by atoms with E-state index >= 15 is 0 Å². The molecule has 2 aromatic heterocycles. The molecule has 1 aliphatic rings. The van der Waals surface area contributed by atoms with Gasteiger partial charge in [0.2, 0.25) is 0 Å². The lowest BCUT2D eigenvalue weighted by Crippen LogP contribution is -2.17. The molecule has 1 aliphatic carbocycles. The first-order chi connectivity index (χ1) is 17.2. The van der Waals surface area contributed by atoms with Crippen LogP contribution in [0.4, 0.5) is 0 Å². The Morgan fingerprint density at radius 3 is 2.33 bits per heavy atom. The molecule has 0 atom stereocenters. The summed E-state index contributed by atoms with van der Waals surface area (Å²) >= 11 is 0. The van der Waals surface area contributed by atoms with Crippen LogP contribution >= 0.6 is 0 Å². The second kappa shape index (κ2) is 7.07. The van der Waals surface area contributed by atoms with Crippen molar-refractivity contribution in [2.24, 2.45) is 0 Å². The molecule has 7 rings (SSSR count). The molecule has 0 N–H and O–H groups in total. The minimum atomic E-state index is -0.163. The highest BCUT2D eigenvalue weighted by molar-refractivity contribution is 6.07. The molecular formula is C34H29NO. The molecule has 0 saturated carbocycles. The molecule has 2 nitrogen and oxygen atoms in total. The third-order valence-electron chi connectivity index (χ3n) is 8.03. The van der Waals surface area contributed by atoms with Crippen molar-refractivity contribution in [3.8, 4) is 22.4 Å². The first-order valence-corrected chi connectivity index (χ1v) is 12.7. The topological polar surface area (TPSA) is 26.0 Å². The minimum Gasteiger partial charge on any atom is -0.456 e. The summed E-state index contributed by atoms with van der Waals surface area (Å²) in [7, 11) is 0. The van der Waals surface area contributed by atoms with Crippen molar-refractivity contribution in [3.05, 3.63) is 102 Å². The second-order valence-electron chi connectivity index (χ2n) is 11.7. The Balaban J connectivity index is 1.45. The normalized spacial score (nSPS) is 14.5. The van der Waals surface area contributed by atoms with Crippen LogP contribution in [0.2, 0.25) is 0 Å². The zero-order valence-corrected chi connectivity index (χ0v) is 21.4. The quantitative estimate of drug-likeness (QED) is 0.241. The Kier molecular flexibility index (Phi) is 4.20. The number of fused-ring (bicyclic) bond motifs is 8. The highest BCUT2D eigenvalue weighted by atomic mass is 16.3. The van der Waals surface area contributed by atoms with Crippen molar-refractivity contribution in [2.45, 2.75) is 45.4 Å². The zero-order chi connectivity index (χ0) is 24.8. The molecule has 0 bridgehead atoms. The minimum absolute atomic E-state index is 0.0810. The lowest BCUT2D eigenvalue weighted by molar-refractivity contribution is 0.587. The summed E-state index contributed by atoms with van der Waals surface area (Å²) in [6.07, 6.45) is 1.96. The number of nitrogens with zero attached hydrogens (tertiary/aromatic N) is 1. The van der Waals surface area contributed by atoms with Gasteiger partial charge in [0.05, 0.1) is 5.69 Å². The van der Waals surface area contributed by atoms with Crippen LogP contribution in [-0.2, 0) is 10.8 Å². The van der Waals surface area contributed by atoms with E-state index in [0.29, 0.717) is 0 Å². The molecule has 0 aliphatic heterocycles. The van der Waals surface area contributed by atoms with Crippen LogP contribution in [-0.4, -0.2) is 4.98 Å². The molecule has 4 aromatic carbocycles. The van der Waals surface area contributed by atoms with Gasteiger partial charge in [-0.1, -0.05) is 83.1 Å². The van der Waals surface area contributed by atoms with E-state index in [4.69, 9.17) is 9.40 Å². The van der Waals surface area contributed by atoms with Crippen molar-refractivity contribution < 1.29 is 4.42 Å². The number of aromatic nitrogens is 1. The summed E-state index contributed by atoms with van der Waals surface area (Å²) in [5.74, 6) is 0. The summed E-state index contributed by atoms with van der Waals surface area (Å²) in [6, 6.07) is 28.6. The molecule has 2 heteroatoms. The molecule has 6 aromatic rings. The van der Waals surface area contributed by atoms with Crippen LogP contribution in [0, 0.1) is 0 Å². The lowest BCUT2D eigenvalue weighted by Gasteiger charge is -2.25. The smallest absolute Gasteiger partial charge is 0.135 e. The van der Waals surface area contributed by atoms with E-state index in [2.05, 4.69) is 113 Å². The highest BCUT2D eigenvalue weighted by Gasteiger charge is 2.39. The Labute approximate surface area is 211 Å². The van der Waals surface area contributed by atoms with Crippen molar-refractivity contribution in [3.63, 3.8) is 0 Å².